The molecule has 0 amide bonds. The first-order chi connectivity index (χ1) is 17.2. The van der Waals surface area contributed by atoms with Crippen LogP contribution in [0.25, 0.3) is 0 Å². The summed E-state index contributed by atoms with van der Waals surface area (Å²) in [6.07, 6.45) is -1.04. The van der Waals surface area contributed by atoms with Crippen molar-refractivity contribution >= 4 is 11.8 Å². The number of allylic oxidation sites excluding steroid dienone is 3. The van der Waals surface area contributed by atoms with E-state index in [0.717, 1.165) is 25.0 Å². The molecule has 9 heteroatoms. The van der Waals surface area contributed by atoms with Gasteiger partial charge in [-0.05, 0) is 49.9 Å². The van der Waals surface area contributed by atoms with Crippen LogP contribution in [0.3, 0.4) is 0 Å². The summed E-state index contributed by atoms with van der Waals surface area (Å²) in [6.45, 7) is 2.32. The fourth-order valence-electron chi connectivity index (χ4n) is 5.28. The molecule has 1 fully saturated rings. The van der Waals surface area contributed by atoms with Crippen LogP contribution in [0.1, 0.15) is 61.3 Å². The van der Waals surface area contributed by atoms with Gasteiger partial charge in [0, 0.05) is 41.8 Å². The van der Waals surface area contributed by atoms with Crippen LogP contribution < -0.4 is 5.32 Å². The lowest BCUT2D eigenvalue weighted by molar-refractivity contribution is -0.142. The van der Waals surface area contributed by atoms with Crippen LogP contribution in [0.2, 0.25) is 0 Å². The van der Waals surface area contributed by atoms with Gasteiger partial charge in [-0.25, -0.2) is 4.79 Å². The van der Waals surface area contributed by atoms with Gasteiger partial charge in [-0.1, -0.05) is 18.2 Å². The molecular formula is C27H26F3NO5. The van der Waals surface area contributed by atoms with Crippen molar-refractivity contribution in [1.82, 2.24) is 5.32 Å². The van der Waals surface area contributed by atoms with E-state index in [2.05, 4.69) is 5.32 Å². The Hall–Kier alpha value is -3.33. The highest BCUT2D eigenvalue weighted by atomic mass is 19.4. The zero-order valence-electron chi connectivity index (χ0n) is 19.7. The SMILES string of the molecule is CC1=C(C(=O)OC[C@@H]2CCCO2)[C@H](c2cccc(C(F)(F)F)c2)C2=C(C[C@@H](c3ccco3)CC2=O)N1. The molecule has 2 aliphatic heterocycles. The molecule has 1 aromatic heterocycles. The number of hydrogen-bond acceptors (Lipinski definition) is 6. The number of ketones is 1. The molecule has 1 aromatic carbocycles. The molecule has 3 atom stereocenters. The molecule has 1 N–H and O–H groups in total. The summed E-state index contributed by atoms with van der Waals surface area (Å²) in [5, 5.41) is 3.19. The van der Waals surface area contributed by atoms with Crippen molar-refractivity contribution < 1.29 is 36.7 Å². The van der Waals surface area contributed by atoms with Gasteiger partial charge in [0.1, 0.15) is 12.4 Å². The minimum atomic E-state index is -4.57. The Kier molecular flexibility index (Phi) is 6.51. The monoisotopic (exact) mass is 501 g/mol. The second-order valence-corrected chi connectivity index (χ2v) is 9.39. The van der Waals surface area contributed by atoms with E-state index in [1.54, 1.807) is 19.1 Å². The van der Waals surface area contributed by atoms with Gasteiger partial charge >= 0.3 is 12.1 Å². The van der Waals surface area contributed by atoms with Crippen LogP contribution in [0.15, 0.2) is 69.6 Å². The molecule has 3 heterocycles. The average Bonchev–Trinajstić information content (AvgIpc) is 3.55. The number of ether oxygens (including phenoxy) is 2. The second kappa shape index (κ2) is 9.61. The number of esters is 1. The normalized spacial score (nSPS) is 24.6. The highest BCUT2D eigenvalue weighted by molar-refractivity contribution is 6.04. The molecular weight excluding hydrogens is 475 g/mol. The Morgan fingerprint density at radius 3 is 2.72 bits per heavy atom. The van der Waals surface area contributed by atoms with Gasteiger partial charge in [0.2, 0.25) is 0 Å². The maximum atomic E-state index is 13.6. The summed E-state index contributed by atoms with van der Waals surface area (Å²) >= 11 is 0. The molecule has 5 rings (SSSR count). The Bertz CT molecular complexity index is 1220. The van der Waals surface area contributed by atoms with Crippen molar-refractivity contribution in [2.45, 2.75) is 56.7 Å². The number of rotatable bonds is 5. The van der Waals surface area contributed by atoms with Crippen molar-refractivity contribution in [2.24, 2.45) is 0 Å². The third kappa shape index (κ3) is 4.72. The van der Waals surface area contributed by atoms with Gasteiger partial charge in [0.25, 0.3) is 0 Å². The molecule has 2 aromatic rings. The predicted octanol–water partition coefficient (Wildman–Crippen LogP) is 5.38. The first-order valence-electron chi connectivity index (χ1n) is 12.0. The van der Waals surface area contributed by atoms with Crippen molar-refractivity contribution in [3.05, 3.63) is 82.1 Å². The van der Waals surface area contributed by atoms with Crippen LogP contribution in [-0.4, -0.2) is 31.1 Å². The minimum absolute atomic E-state index is 0.0470. The van der Waals surface area contributed by atoms with Gasteiger partial charge in [0.05, 0.1) is 23.5 Å². The number of Topliss-reactive ketones (excluding diaryl/α,β-unsaturated/α-hetero) is 1. The van der Waals surface area contributed by atoms with Gasteiger partial charge in [-0.15, -0.1) is 0 Å². The number of carbonyl (C=O) groups is 2. The summed E-state index contributed by atoms with van der Waals surface area (Å²) in [5.74, 6) is -1.45. The number of halogens is 3. The lowest BCUT2D eigenvalue weighted by atomic mass is 9.72. The molecule has 0 spiro atoms. The van der Waals surface area contributed by atoms with Crippen LogP contribution in [0.4, 0.5) is 13.2 Å². The van der Waals surface area contributed by atoms with Crippen molar-refractivity contribution in [3.63, 3.8) is 0 Å². The lowest BCUT2D eigenvalue weighted by Crippen LogP contribution is -2.36. The van der Waals surface area contributed by atoms with Crippen LogP contribution >= 0.6 is 0 Å². The van der Waals surface area contributed by atoms with E-state index in [1.165, 1.54) is 18.4 Å². The molecule has 0 bridgehead atoms. The van der Waals surface area contributed by atoms with E-state index < -0.39 is 23.6 Å². The van der Waals surface area contributed by atoms with E-state index in [4.69, 9.17) is 13.9 Å². The largest absolute Gasteiger partial charge is 0.469 e. The summed E-state index contributed by atoms with van der Waals surface area (Å²) in [4.78, 5) is 26.8. The fourth-order valence-corrected chi connectivity index (χ4v) is 5.28. The number of nitrogens with one attached hydrogen (secondary N) is 1. The molecule has 1 aliphatic carbocycles. The summed E-state index contributed by atoms with van der Waals surface area (Å²) < 4.78 is 57.3. The van der Waals surface area contributed by atoms with Gasteiger partial charge in [-0.2, -0.15) is 13.2 Å². The Labute approximate surface area is 206 Å². The molecule has 6 nitrogen and oxygen atoms in total. The summed E-state index contributed by atoms with van der Waals surface area (Å²) in [6, 6.07) is 8.34. The van der Waals surface area contributed by atoms with E-state index in [-0.39, 0.29) is 42.0 Å². The molecule has 190 valence electrons. The molecule has 1 saturated heterocycles. The number of benzene rings is 1. The first-order valence-corrected chi connectivity index (χ1v) is 12.0. The third-order valence-corrected chi connectivity index (χ3v) is 6.96. The van der Waals surface area contributed by atoms with Crippen LogP contribution in [0.5, 0.6) is 0 Å². The van der Waals surface area contributed by atoms with Gasteiger partial charge in [-0.3, -0.25) is 4.79 Å². The zero-order chi connectivity index (χ0) is 25.4. The molecule has 36 heavy (non-hydrogen) atoms. The summed E-state index contributed by atoms with van der Waals surface area (Å²) in [7, 11) is 0. The second-order valence-electron chi connectivity index (χ2n) is 9.39. The highest BCUT2D eigenvalue weighted by Gasteiger charge is 2.43. The Balaban J connectivity index is 1.54. The maximum absolute atomic E-state index is 13.6. The molecule has 0 saturated carbocycles. The van der Waals surface area contributed by atoms with Gasteiger partial charge < -0.3 is 19.2 Å². The highest BCUT2D eigenvalue weighted by Crippen LogP contribution is 2.46. The Morgan fingerprint density at radius 2 is 2.03 bits per heavy atom. The fraction of sp³-hybridized carbons (Fsp3) is 0.407. The van der Waals surface area contributed by atoms with Crippen LogP contribution in [-0.2, 0) is 25.2 Å². The third-order valence-electron chi connectivity index (χ3n) is 6.96. The summed E-state index contributed by atoms with van der Waals surface area (Å²) in [5.41, 5.74) is 0.835. The van der Waals surface area contributed by atoms with Crippen molar-refractivity contribution in [1.29, 1.82) is 0 Å². The molecule has 0 unspecified atom stereocenters. The number of carbonyl (C=O) groups excluding carboxylic acids is 2. The smallest absolute Gasteiger partial charge is 0.416 e. The van der Waals surface area contributed by atoms with Gasteiger partial charge in [0.15, 0.2) is 5.78 Å². The topological polar surface area (TPSA) is 77.8 Å². The zero-order valence-corrected chi connectivity index (χ0v) is 19.7. The Morgan fingerprint density at radius 1 is 1.19 bits per heavy atom. The first kappa shape index (κ1) is 24.4. The molecule has 0 radical (unpaired) electrons. The van der Waals surface area contributed by atoms with E-state index >= 15 is 0 Å². The van der Waals surface area contributed by atoms with E-state index in [1.807, 2.05) is 0 Å². The number of alkyl halides is 3. The standard InChI is InChI=1S/C27H26F3NO5/c1-15-23(26(33)36-14-19-7-3-9-34-19)24(16-5-2-6-18(11-16)27(28,29)30)25-20(31-15)12-17(13-21(25)32)22-8-4-10-35-22/h2,4-6,8,10-11,17,19,24,31H,3,7,9,12-14H2,1H3/t17-,19+,24+/m1/s1. The lowest BCUT2D eigenvalue weighted by Gasteiger charge is -2.36. The van der Waals surface area contributed by atoms with E-state index in [9.17, 15) is 22.8 Å². The number of dihydropyridines is 1. The quantitative estimate of drug-likeness (QED) is 0.555. The number of hydrogen-bond donors (Lipinski definition) is 1. The number of furan rings is 1. The molecule has 3 aliphatic rings. The average molecular weight is 502 g/mol. The van der Waals surface area contributed by atoms with Crippen molar-refractivity contribution in [3.8, 4) is 0 Å². The predicted molar refractivity (Wildman–Crippen MR) is 123 cm³/mol. The maximum Gasteiger partial charge on any atom is 0.416 e. The van der Waals surface area contributed by atoms with E-state index in [0.29, 0.717) is 35.8 Å². The van der Waals surface area contributed by atoms with Crippen LogP contribution in [0, 0.1) is 0 Å². The van der Waals surface area contributed by atoms with Crippen molar-refractivity contribution in [2.75, 3.05) is 13.2 Å². The minimum Gasteiger partial charge on any atom is -0.469 e.